The topological polar surface area (TPSA) is 29.5 Å². The van der Waals surface area contributed by atoms with Gasteiger partial charge in [0.15, 0.2) is 4.32 Å². The molecule has 1 fully saturated rings. The predicted octanol–water partition coefficient (Wildman–Crippen LogP) is 4.10. The van der Waals surface area contributed by atoms with E-state index >= 15 is 0 Å². The Kier molecular flexibility index (Phi) is 4.27. The summed E-state index contributed by atoms with van der Waals surface area (Å²) in [5, 5.41) is 0. The standard InChI is InChI=1S/C17H13NO2S2/c1-20-14-10-6-5-7-12(14)11-15-16(19)18(17(21)22-15)13-8-3-2-4-9-13/h2-11H,1H3. The first-order chi connectivity index (χ1) is 10.7. The fourth-order valence-corrected chi connectivity index (χ4v) is 3.48. The minimum absolute atomic E-state index is 0.105. The lowest BCUT2D eigenvalue weighted by atomic mass is 10.2. The Labute approximate surface area is 138 Å². The Balaban J connectivity index is 1.96. The van der Waals surface area contributed by atoms with Crippen LogP contribution in [0, 0.1) is 0 Å². The molecule has 0 radical (unpaired) electrons. The molecule has 1 amide bonds. The highest BCUT2D eigenvalue weighted by atomic mass is 32.2. The highest BCUT2D eigenvalue weighted by Gasteiger charge is 2.33. The molecule has 1 heterocycles. The van der Waals surface area contributed by atoms with Crippen molar-refractivity contribution in [2.24, 2.45) is 0 Å². The minimum atomic E-state index is -0.105. The Morgan fingerprint density at radius 1 is 1.09 bits per heavy atom. The molecule has 2 aromatic carbocycles. The number of benzene rings is 2. The van der Waals surface area contributed by atoms with Gasteiger partial charge in [0.25, 0.3) is 5.91 Å². The molecular weight excluding hydrogens is 314 g/mol. The quantitative estimate of drug-likeness (QED) is 0.627. The van der Waals surface area contributed by atoms with Crippen molar-refractivity contribution in [1.29, 1.82) is 0 Å². The zero-order valence-electron chi connectivity index (χ0n) is 11.9. The van der Waals surface area contributed by atoms with Crippen LogP contribution in [-0.4, -0.2) is 17.3 Å². The number of carbonyl (C=O) groups is 1. The number of amides is 1. The van der Waals surface area contributed by atoms with Gasteiger partial charge in [-0.25, -0.2) is 0 Å². The smallest absolute Gasteiger partial charge is 0.270 e. The van der Waals surface area contributed by atoms with E-state index in [2.05, 4.69) is 0 Å². The molecule has 110 valence electrons. The number of anilines is 1. The molecule has 0 saturated carbocycles. The van der Waals surface area contributed by atoms with E-state index in [9.17, 15) is 4.79 Å². The average molecular weight is 327 g/mol. The highest BCUT2D eigenvalue weighted by Crippen LogP contribution is 2.36. The van der Waals surface area contributed by atoms with Crippen molar-refractivity contribution in [3.05, 3.63) is 65.1 Å². The summed E-state index contributed by atoms with van der Waals surface area (Å²) in [6.07, 6.45) is 1.82. The number of thioether (sulfide) groups is 1. The van der Waals surface area contributed by atoms with E-state index < -0.39 is 0 Å². The van der Waals surface area contributed by atoms with Crippen LogP contribution < -0.4 is 9.64 Å². The fourth-order valence-electron chi connectivity index (χ4n) is 2.19. The lowest BCUT2D eigenvalue weighted by molar-refractivity contribution is -0.113. The highest BCUT2D eigenvalue weighted by molar-refractivity contribution is 8.27. The largest absolute Gasteiger partial charge is 0.496 e. The fraction of sp³-hybridized carbons (Fsp3) is 0.0588. The third kappa shape index (κ3) is 2.77. The van der Waals surface area contributed by atoms with Gasteiger partial charge in [0.2, 0.25) is 0 Å². The van der Waals surface area contributed by atoms with Gasteiger partial charge in [-0.15, -0.1) is 0 Å². The molecule has 0 spiro atoms. The lowest BCUT2D eigenvalue weighted by Gasteiger charge is -2.13. The molecule has 2 aromatic rings. The molecule has 0 aromatic heterocycles. The van der Waals surface area contributed by atoms with Crippen LogP contribution in [0.5, 0.6) is 5.75 Å². The van der Waals surface area contributed by atoms with Gasteiger partial charge in [-0.2, -0.15) is 0 Å². The second-order valence-corrected chi connectivity index (χ2v) is 6.27. The normalized spacial score (nSPS) is 16.4. The summed E-state index contributed by atoms with van der Waals surface area (Å²) < 4.78 is 5.86. The molecule has 5 heteroatoms. The van der Waals surface area contributed by atoms with Crippen LogP contribution in [-0.2, 0) is 4.79 Å². The minimum Gasteiger partial charge on any atom is -0.496 e. The Bertz CT molecular complexity index is 756. The monoisotopic (exact) mass is 327 g/mol. The van der Waals surface area contributed by atoms with Gasteiger partial charge in [0, 0.05) is 5.56 Å². The van der Waals surface area contributed by atoms with Crippen LogP contribution in [0.4, 0.5) is 5.69 Å². The SMILES string of the molecule is COc1ccccc1C=C1SC(=S)N(c2ccccc2)C1=O. The molecule has 22 heavy (non-hydrogen) atoms. The van der Waals surface area contributed by atoms with Crippen LogP contribution in [0.1, 0.15) is 5.56 Å². The maximum atomic E-state index is 12.6. The molecule has 0 N–H and O–H groups in total. The summed E-state index contributed by atoms with van der Waals surface area (Å²) in [5.41, 5.74) is 1.65. The number of hydrogen-bond acceptors (Lipinski definition) is 4. The van der Waals surface area contributed by atoms with Gasteiger partial charge >= 0.3 is 0 Å². The van der Waals surface area contributed by atoms with Crippen LogP contribution in [0.15, 0.2) is 59.5 Å². The third-order valence-corrected chi connectivity index (χ3v) is 4.54. The van der Waals surface area contributed by atoms with Crippen molar-refractivity contribution >= 4 is 46.0 Å². The molecule has 3 rings (SSSR count). The molecule has 0 bridgehead atoms. The first kappa shape index (κ1) is 14.8. The van der Waals surface area contributed by atoms with E-state index in [1.807, 2.05) is 60.7 Å². The maximum absolute atomic E-state index is 12.6. The van der Waals surface area contributed by atoms with Crippen molar-refractivity contribution in [3.63, 3.8) is 0 Å². The zero-order chi connectivity index (χ0) is 15.5. The number of para-hydroxylation sites is 2. The van der Waals surface area contributed by atoms with Crippen LogP contribution in [0.2, 0.25) is 0 Å². The number of thiocarbonyl (C=S) groups is 1. The molecular formula is C17H13NO2S2. The first-order valence-electron chi connectivity index (χ1n) is 6.67. The molecule has 0 atom stereocenters. The van der Waals surface area contributed by atoms with Crippen LogP contribution >= 0.6 is 24.0 Å². The number of carbonyl (C=O) groups excluding carboxylic acids is 1. The van der Waals surface area contributed by atoms with Crippen molar-refractivity contribution in [3.8, 4) is 5.75 Å². The van der Waals surface area contributed by atoms with E-state index in [1.54, 1.807) is 12.0 Å². The number of methoxy groups -OCH3 is 1. The molecule has 1 saturated heterocycles. The summed E-state index contributed by atoms with van der Waals surface area (Å²) in [6.45, 7) is 0. The van der Waals surface area contributed by atoms with Gasteiger partial charge in [-0.3, -0.25) is 9.69 Å². The third-order valence-electron chi connectivity index (χ3n) is 3.23. The number of ether oxygens (including phenoxy) is 1. The van der Waals surface area contributed by atoms with Crippen LogP contribution in [0.25, 0.3) is 6.08 Å². The first-order valence-corrected chi connectivity index (χ1v) is 7.89. The summed E-state index contributed by atoms with van der Waals surface area (Å²) in [6, 6.07) is 17.0. The zero-order valence-corrected chi connectivity index (χ0v) is 13.5. The molecule has 3 nitrogen and oxygen atoms in total. The lowest BCUT2D eigenvalue weighted by Crippen LogP contribution is -2.27. The average Bonchev–Trinajstić information content (AvgIpc) is 2.83. The summed E-state index contributed by atoms with van der Waals surface area (Å²) >= 11 is 6.65. The van der Waals surface area contributed by atoms with E-state index in [0.29, 0.717) is 9.23 Å². The Morgan fingerprint density at radius 3 is 2.50 bits per heavy atom. The van der Waals surface area contributed by atoms with Crippen molar-refractivity contribution in [1.82, 2.24) is 0 Å². The van der Waals surface area contributed by atoms with Gasteiger partial charge < -0.3 is 4.74 Å². The Morgan fingerprint density at radius 2 is 1.77 bits per heavy atom. The second-order valence-electron chi connectivity index (χ2n) is 4.59. The summed E-state index contributed by atoms with van der Waals surface area (Å²) in [7, 11) is 1.61. The summed E-state index contributed by atoms with van der Waals surface area (Å²) in [4.78, 5) is 14.8. The van der Waals surface area contributed by atoms with Gasteiger partial charge in [0.05, 0.1) is 17.7 Å². The van der Waals surface area contributed by atoms with Gasteiger partial charge in [-0.1, -0.05) is 60.4 Å². The predicted molar refractivity (Wildman–Crippen MR) is 95.1 cm³/mol. The Hall–Kier alpha value is -2.11. The number of hydrogen-bond donors (Lipinski definition) is 0. The van der Waals surface area contributed by atoms with Crippen molar-refractivity contribution in [2.45, 2.75) is 0 Å². The van der Waals surface area contributed by atoms with E-state index in [-0.39, 0.29) is 5.91 Å². The molecule has 0 unspecified atom stereocenters. The second kappa shape index (κ2) is 6.34. The van der Waals surface area contributed by atoms with Crippen molar-refractivity contribution < 1.29 is 9.53 Å². The van der Waals surface area contributed by atoms with Crippen molar-refractivity contribution in [2.75, 3.05) is 12.0 Å². The van der Waals surface area contributed by atoms with Gasteiger partial charge in [0.1, 0.15) is 5.75 Å². The molecule has 0 aliphatic carbocycles. The number of rotatable bonds is 3. The molecule has 1 aliphatic heterocycles. The van der Waals surface area contributed by atoms with Gasteiger partial charge in [-0.05, 0) is 24.3 Å². The maximum Gasteiger partial charge on any atom is 0.270 e. The molecule has 1 aliphatic rings. The van der Waals surface area contributed by atoms with E-state index in [4.69, 9.17) is 17.0 Å². The van der Waals surface area contributed by atoms with E-state index in [0.717, 1.165) is 17.0 Å². The van der Waals surface area contributed by atoms with Crippen LogP contribution in [0.3, 0.4) is 0 Å². The number of nitrogens with zero attached hydrogens (tertiary/aromatic N) is 1. The summed E-state index contributed by atoms with van der Waals surface area (Å²) in [5.74, 6) is 0.625. The van der Waals surface area contributed by atoms with E-state index in [1.165, 1.54) is 11.8 Å².